The number of hydrogen-bond donors (Lipinski definition) is 1. The summed E-state index contributed by atoms with van der Waals surface area (Å²) in [6.07, 6.45) is 2.04. The summed E-state index contributed by atoms with van der Waals surface area (Å²) in [6, 6.07) is 4.00. The average molecular weight is 191 g/mol. The maximum absolute atomic E-state index is 5.67. The van der Waals surface area contributed by atoms with Crippen molar-refractivity contribution < 1.29 is 0 Å². The van der Waals surface area contributed by atoms with Crippen molar-refractivity contribution in [1.82, 2.24) is 9.38 Å². The van der Waals surface area contributed by atoms with Crippen molar-refractivity contribution in [3.63, 3.8) is 0 Å². The van der Waals surface area contributed by atoms with Crippen LogP contribution in [0.4, 0.5) is 5.82 Å². The van der Waals surface area contributed by atoms with Gasteiger partial charge in [-0.25, -0.2) is 4.98 Å². The van der Waals surface area contributed by atoms with Gasteiger partial charge in [-0.15, -0.1) is 0 Å². The number of imidazole rings is 1. The molecule has 0 bridgehead atoms. The van der Waals surface area contributed by atoms with Crippen molar-refractivity contribution in [1.29, 1.82) is 0 Å². The third-order valence-electron chi connectivity index (χ3n) is 2.04. The van der Waals surface area contributed by atoms with Gasteiger partial charge in [0.1, 0.15) is 11.5 Å². The van der Waals surface area contributed by atoms with E-state index in [0.29, 0.717) is 5.82 Å². The zero-order chi connectivity index (χ0) is 10.7. The Morgan fingerprint density at radius 3 is 2.50 bits per heavy atom. The highest BCUT2D eigenvalue weighted by Gasteiger charge is 2.02. The van der Waals surface area contributed by atoms with E-state index in [9.17, 15) is 0 Å². The highest BCUT2D eigenvalue weighted by Crippen LogP contribution is 2.13. The largest absolute Gasteiger partial charge is 0.382 e. The van der Waals surface area contributed by atoms with Crippen LogP contribution < -0.4 is 5.73 Å². The van der Waals surface area contributed by atoms with E-state index in [-0.39, 0.29) is 0 Å². The van der Waals surface area contributed by atoms with Crippen LogP contribution >= 0.6 is 0 Å². The molecule has 0 unspecified atom stereocenters. The number of nitrogens with zero attached hydrogens (tertiary/aromatic N) is 2. The zero-order valence-corrected chi connectivity index (χ0v) is 9.20. The molecule has 2 aromatic heterocycles. The van der Waals surface area contributed by atoms with Crippen LogP contribution in [0.15, 0.2) is 18.3 Å². The third kappa shape index (κ3) is 1.71. The van der Waals surface area contributed by atoms with Crippen molar-refractivity contribution in [2.45, 2.75) is 27.7 Å². The molecule has 0 atom stereocenters. The van der Waals surface area contributed by atoms with Crippen molar-refractivity contribution in [2.24, 2.45) is 0 Å². The van der Waals surface area contributed by atoms with E-state index in [1.54, 1.807) is 0 Å². The molecule has 3 nitrogen and oxygen atoms in total. The fourth-order valence-electron chi connectivity index (χ4n) is 1.29. The van der Waals surface area contributed by atoms with Gasteiger partial charge in [-0.05, 0) is 25.5 Å². The lowest BCUT2D eigenvalue weighted by atomic mass is 10.3. The van der Waals surface area contributed by atoms with Crippen LogP contribution in [0, 0.1) is 13.8 Å². The van der Waals surface area contributed by atoms with Gasteiger partial charge in [-0.3, -0.25) is 0 Å². The highest BCUT2D eigenvalue weighted by atomic mass is 15.1. The van der Waals surface area contributed by atoms with Gasteiger partial charge in [0.2, 0.25) is 0 Å². The van der Waals surface area contributed by atoms with E-state index in [1.807, 2.05) is 43.5 Å². The topological polar surface area (TPSA) is 43.3 Å². The van der Waals surface area contributed by atoms with Gasteiger partial charge in [0.05, 0.1) is 5.69 Å². The van der Waals surface area contributed by atoms with Crippen molar-refractivity contribution >= 4 is 11.5 Å². The van der Waals surface area contributed by atoms with E-state index in [2.05, 4.69) is 11.9 Å². The van der Waals surface area contributed by atoms with Gasteiger partial charge < -0.3 is 10.1 Å². The van der Waals surface area contributed by atoms with Crippen LogP contribution in [-0.2, 0) is 0 Å². The highest BCUT2D eigenvalue weighted by molar-refractivity contribution is 5.51. The van der Waals surface area contributed by atoms with Crippen LogP contribution in [0.1, 0.15) is 25.1 Å². The minimum absolute atomic E-state index is 0.612. The number of fused-ring (bicyclic) bond motifs is 1. The summed E-state index contributed by atoms with van der Waals surface area (Å²) in [4.78, 5) is 4.19. The molecule has 2 rings (SSSR count). The first-order valence-electron chi connectivity index (χ1n) is 4.89. The van der Waals surface area contributed by atoms with Gasteiger partial charge in [0.25, 0.3) is 0 Å². The van der Waals surface area contributed by atoms with Gasteiger partial charge in [-0.1, -0.05) is 19.9 Å². The maximum atomic E-state index is 5.67. The number of aryl methyl sites for hydroxylation is 2. The molecule has 0 saturated heterocycles. The SMILES string of the molecule is CC.Cc1ccc2nc(N)c(C)n2c1. The first-order valence-corrected chi connectivity index (χ1v) is 4.89. The molecule has 14 heavy (non-hydrogen) atoms. The number of aromatic nitrogens is 2. The van der Waals surface area contributed by atoms with Crippen LogP contribution in [0.3, 0.4) is 0 Å². The Hall–Kier alpha value is -1.51. The molecular weight excluding hydrogens is 174 g/mol. The fourth-order valence-corrected chi connectivity index (χ4v) is 1.29. The lowest BCUT2D eigenvalue weighted by Gasteiger charge is -1.96. The molecule has 0 spiro atoms. The van der Waals surface area contributed by atoms with E-state index in [4.69, 9.17) is 5.73 Å². The number of nitrogens with two attached hydrogens (primary N) is 1. The number of nitrogen functional groups attached to an aromatic ring is 1. The molecule has 0 aliphatic rings. The summed E-state index contributed by atoms with van der Waals surface area (Å²) in [5, 5.41) is 0. The lowest BCUT2D eigenvalue weighted by molar-refractivity contribution is 1.09. The second-order valence-corrected chi connectivity index (χ2v) is 3.02. The number of hydrogen-bond acceptors (Lipinski definition) is 2. The lowest BCUT2D eigenvalue weighted by Crippen LogP contribution is -1.90. The van der Waals surface area contributed by atoms with Gasteiger partial charge >= 0.3 is 0 Å². The molecule has 0 saturated carbocycles. The maximum Gasteiger partial charge on any atom is 0.145 e. The molecule has 76 valence electrons. The minimum Gasteiger partial charge on any atom is -0.382 e. The number of anilines is 1. The molecule has 0 amide bonds. The molecule has 0 aliphatic carbocycles. The smallest absolute Gasteiger partial charge is 0.145 e. The molecular formula is C11H17N3. The Morgan fingerprint density at radius 2 is 1.86 bits per heavy atom. The van der Waals surface area contributed by atoms with Crippen LogP contribution in [0.25, 0.3) is 5.65 Å². The number of pyridine rings is 1. The second-order valence-electron chi connectivity index (χ2n) is 3.02. The monoisotopic (exact) mass is 191 g/mol. The summed E-state index contributed by atoms with van der Waals surface area (Å²) < 4.78 is 2.00. The number of rotatable bonds is 0. The Bertz CT molecular complexity index is 429. The van der Waals surface area contributed by atoms with E-state index in [0.717, 1.165) is 11.3 Å². The Kier molecular flexibility index (Phi) is 3.12. The van der Waals surface area contributed by atoms with Gasteiger partial charge in [-0.2, -0.15) is 0 Å². The van der Waals surface area contributed by atoms with E-state index in [1.165, 1.54) is 5.56 Å². The molecule has 2 aromatic rings. The first kappa shape index (κ1) is 10.6. The second kappa shape index (κ2) is 4.13. The molecule has 0 aliphatic heterocycles. The fraction of sp³-hybridized carbons (Fsp3) is 0.364. The van der Waals surface area contributed by atoms with Crippen molar-refractivity contribution in [3.8, 4) is 0 Å². The van der Waals surface area contributed by atoms with Gasteiger partial charge in [0, 0.05) is 6.20 Å². The molecule has 0 radical (unpaired) electrons. The van der Waals surface area contributed by atoms with Crippen molar-refractivity contribution in [3.05, 3.63) is 29.6 Å². The van der Waals surface area contributed by atoms with Crippen molar-refractivity contribution in [2.75, 3.05) is 5.73 Å². The third-order valence-corrected chi connectivity index (χ3v) is 2.04. The molecule has 0 aromatic carbocycles. The summed E-state index contributed by atoms with van der Waals surface area (Å²) in [5.41, 5.74) is 8.80. The van der Waals surface area contributed by atoms with E-state index >= 15 is 0 Å². The Balaban J connectivity index is 0.000000461. The quantitative estimate of drug-likeness (QED) is 0.695. The summed E-state index contributed by atoms with van der Waals surface area (Å²) in [7, 11) is 0. The molecule has 0 fully saturated rings. The Morgan fingerprint density at radius 1 is 1.21 bits per heavy atom. The molecule has 2 N–H and O–H groups in total. The predicted octanol–water partition coefficient (Wildman–Crippen LogP) is 2.56. The van der Waals surface area contributed by atoms with Gasteiger partial charge in [0.15, 0.2) is 0 Å². The summed E-state index contributed by atoms with van der Waals surface area (Å²) >= 11 is 0. The standard InChI is InChI=1S/C9H11N3.C2H6/c1-6-3-4-8-11-9(10)7(2)12(8)5-6;1-2/h3-5H,10H2,1-2H3;1-2H3. The average Bonchev–Trinajstić information content (AvgIpc) is 2.48. The zero-order valence-electron chi connectivity index (χ0n) is 9.20. The predicted molar refractivity (Wildman–Crippen MR) is 60.4 cm³/mol. The van der Waals surface area contributed by atoms with E-state index < -0.39 is 0 Å². The normalized spacial score (nSPS) is 9.71. The minimum atomic E-state index is 0.612. The van der Waals surface area contributed by atoms with Crippen LogP contribution in [0.5, 0.6) is 0 Å². The Labute approximate surface area is 84.6 Å². The first-order chi connectivity index (χ1) is 6.68. The molecule has 2 heterocycles. The summed E-state index contributed by atoms with van der Waals surface area (Å²) in [6.45, 7) is 8.02. The van der Waals surface area contributed by atoms with Crippen LogP contribution in [-0.4, -0.2) is 9.38 Å². The van der Waals surface area contributed by atoms with Crippen LogP contribution in [0.2, 0.25) is 0 Å². The summed E-state index contributed by atoms with van der Waals surface area (Å²) in [5.74, 6) is 0.612. The molecule has 3 heteroatoms.